The second kappa shape index (κ2) is 15.2. The molecule has 192 valence electrons. The van der Waals surface area contributed by atoms with Crippen LogP contribution in [-0.4, -0.2) is 59.5 Å². The molecule has 10 nitrogen and oxygen atoms in total. The smallest absolute Gasteiger partial charge is 0.356 e. The molecule has 0 radical (unpaired) electrons. The standard InChI is InChI=1S/C25H34N2O8/c1-5-31-24(32-6-2)20-14-9-13-19(27-20)23(30)34-16-10-11-17(4)35-25(33-7-3)21-15-8-12-18(26-21)22(28)29/h8-9,12-15,17,24-25H,5-7,10-11,16H2,1-4H3,(H,28,29). The van der Waals surface area contributed by atoms with Gasteiger partial charge in [-0.25, -0.2) is 19.6 Å². The monoisotopic (exact) mass is 490 g/mol. The van der Waals surface area contributed by atoms with E-state index in [2.05, 4.69) is 9.97 Å². The maximum absolute atomic E-state index is 12.4. The summed E-state index contributed by atoms with van der Waals surface area (Å²) >= 11 is 0. The van der Waals surface area contributed by atoms with Crippen LogP contribution in [0.4, 0.5) is 0 Å². The molecular weight excluding hydrogens is 456 g/mol. The highest BCUT2D eigenvalue weighted by Crippen LogP contribution is 2.21. The molecule has 0 aromatic carbocycles. The number of pyridine rings is 2. The molecular formula is C25H34N2O8. The predicted molar refractivity (Wildman–Crippen MR) is 126 cm³/mol. The van der Waals surface area contributed by atoms with Gasteiger partial charge in [-0.3, -0.25) is 0 Å². The van der Waals surface area contributed by atoms with Crippen molar-refractivity contribution >= 4 is 11.9 Å². The third-order valence-corrected chi connectivity index (χ3v) is 4.75. The SMILES string of the molecule is CCOC(OCC)c1cccc(C(=O)OCCCC(C)OC(OCC)c2cccc(C(=O)O)n2)n1. The summed E-state index contributed by atoms with van der Waals surface area (Å²) in [6, 6.07) is 9.69. The van der Waals surface area contributed by atoms with Gasteiger partial charge in [0.15, 0.2) is 0 Å². The Morgan fingerprint density at radius 2 is 1.40 bits per heavy atom. The largest absolute Gasteiger partial charge is 0.477 e. The number of hydrogen-bond donors (Lipinski definition) is 1. The van der Waals surface area contributed by atoms with Crippen molar-refractivity contribution in [1.82, 2.24) is 9.97 Å². The van der Waals surface area contributed by atoms with Crippen LogP contribution in [0.25, 0.3) is 0 Å². The van der Waals surface area contributed by atoms with Gasteiger partial charge in [-0.05, 0) is 64.8 Å². The summed E-state index contributed by atoms with van der Waals surface area (Å²) < 4.78 is 28.0. The molecule has 35 heavy (non-hydrogen) atoms. The van der Waals surface area contributed by atoms with E-state index in [1.807, 2.05) is 27.7 Å². The Balaban J connectivity index is 1.86. The van der Waals surface area contributed by atoms with Gasteiger partial charge in [0, 0.05) is 19.8 Å². The minimum absolute atomic E-state index is 0.0816. The molecule has 0 bridgehead atoms. The zero-order valence-corrected chi connectivity index (χ0v) is 20.6. The zero-order valence-electron chi connectivity index (χ0n) is 20.6. The Kier molecular flexibility index (Phi) is 12.3. The fourth-order valence-corrected chi connectivity index (χ4v) is 3.15. The number of aromatic nitrogens is 2. The minimum Gasteiger partial charge on any atom is -0.477 e. The van der Waals surface area contributed by atoms with E-state index >= 15 is 0 Å². The van der Waals surface area contributed by atoms with Crippen LogP contribution < -0.4 is 0 Å². The van der Waals surface area contributed by atoms with E-state index in [0.29, 0.717) is 44.1 Å². The Morgan fingerprint density at radius 1 is 0.857 bits per heavy atom. The van der Waals surface area contributed by atoms with E-state index in [0.717, 1.165) is 0 Å². The third kappa shape index (κ3) is 9.33. The number of hydrogen-bond acceptors (Lipinski definition) is 9. The van der Waals surface area contributed by atoms with E-state index in [-0.39, 0.29) is 24.1 Å². The van der Waals surface area contributed by atoms with Crippen molar-refractivity contribution in [1.29, 1.82) is 0 Å². The maximum Gasteiger partial charge on any atom is 0.356 e. The van der Waals surface area contributed by atoms with Gasteiger partial charge in [0.1, 0.15) is 11.4 Å². The van der Waals surface area contributed by atoms with E-state index in [9.17, 15) is 9.59 Å². The van der Waals surface area contributed by atoms with Gasteiger partial charge in [0.25, 0.3) is 0 Å². The van der Waals surface area contributed by atoms with Crippen molar-refractivity contribution in [2.75, 3.05) is 26.4 Å². The van der Waals surface area contributed by atoms with Crippen molar-refractivity contribution in [2.24, 2.45) is 0 Å². The second-order valence-corrected chi connectivity index (χ2v) is 7.46. The van der Waals surface area contributed by atoms with Crippen molar-refractivity contribution in [3.8, 4) is 0 Å². The van der Waals surface area contributed by atoms with E-state index < -0.39 is 24.5 Å². The fourth-order valence-electron chi connectivity index (χ4n) is 3.15. The van der Waals surface area contributed by atoms with Gasteiger partial charge in [0.05, 0.1) is 24.1 Å². The van der Waals surface area contributed by atoms with Gasteiger partial charge in [-0.1, -0.05) is 12.1 Å². The van der Waals surface area contributed by atoms with Crippen LogP contribution in [0, 0.1) is 0 Å². The van der Waals surface area contributed by atoms with Crippen LogP contribution in [0.5, 0.6) is 0 Å². The number of ether oxygens (including phenoxy) is 5. The molecule has 2 unspecified atom stereocenters. The Bertz CT molecular complexity index is 933. The summed E-state index contributed by atoms with van der Waals surface area (Å²) in [4.78, 5) is 32.1. The average Bonchev–Trinajstić information content (AvgIpc) is 2.86. The molecule has 2 rings (SSSR count). The molecule has 0 saturated heterocycles. The highest BCUT2D eigenvalue weighted by atomic mass is 16.7. The summed E-state index contributed by atoms with van der Waals surface area (Å²) in [5, 5.41) is 9.16. The van der Waals surface area contributed by atoms with Gasteiger partial charge in [-0.2, -0.15) is 0 Å². The number of aromatic carboxylic acids is 1. The molecule has 2 aromatic heterocycles. The summed E-state index contributed by atoms with van der Waals surface area (Å²) in [5.41, 5.74) is 0.986. The molecule has 0 amide bonds. The summed E-state index contributed by atoms with van der Waals surface area (Å²) in [6.07, 6.45) is -0.555. The van der Waals surface area contributed by atoms with Crippen molar-refractivity contribution in [3.05, 3.63) is 59.2 Å². The lowest BCUT2D eigenvalue weighted by molar-refractivity contribution is -0.172. The van der Waals surface area contributed by atoms with Gasteiger partial charge in [-0.15, -0.1) is 0 Å². The Hall–Kier alpha value is -2.92. The maximum atomic E-state index is 12.4. The van der Waals surface area contributed by atoms with Crippen LogP contribution >= 0.6 is 0 Å². The van der Waals surface area contributed by atoms with E-state index in [1.54, 1.807) is 30.3 Å². The lowest BCUT2D eigenvalue weighted by atomic mass is 10.2. The van der Waals surface area contributed by atoms with Crippen LogP contribution in [0.15, 0.2) is 36.4 Å². The number of esters is 1. The summed E-state index contributed by atoms with van der Waals surface area (Å²) in [7, 11) is 0. The molecule has 0 spiro atoms. The van der Waals surface area contributed by atoms with Crippen LogP contribution in [0.1, 0.15) is 85.5 Å². The number of rotatable bonds is 16. The highest BCUT2D eigenvalue weighted by molar-refractivity contribution is 5.87. The molecule has 0 aliphatic carbocycles. The van der Waals surface area contributed by atoms with Crippen LogP contribution in [-0.2, 0) is 23.7 Å². The first kappa shape index (κ1) is 28.3. The molecule has 0 saturated carbocycles. The average molecular weight is 491 g/mol. The van der Waals surface area contributed by atoms with E-state index in [1.165, 1.54) is 6.07 Å². The number of carbonyl (C=O) groups excluding carboxylic acids is 1. The predicted octanol–water partition coefficient (Wildman–Crippen LogP) is 4.32. The summed E-state index contributed by atoms with van der Waals surface area (Å²) in [6.45, 7) is 8.85. The Labute approximate surface area is 205 Å². The lowest BCUT2D eigenvalue weighted by Crippen LogP contribution is -2.19. The lowest BCUT2D eigenvalue weighted by Gasteiger charge is -2.22. The first-order valence-electron chi connectivity index (χ1n) is 11.7. The third-order valence-electron chi connectivity index (χ3n) is 4.75. The summed E-state index contributed by atoms with van der Waals surface area (Å²) in [5.74, 6) is -1.66. The highest BCUT2D eigenvalue weighted by Gasteiger charge is 2.20. The molecule has 2 heterocycles. The number of nitrogens with zero attached hydrogens (tertiary/aromatic N) is 2. The number of carboxylic acids is 1. The quantitative estimate of drug-likeness (QED) is 0.206. The molecule has 2 atom stereocenters. The molecule has 1 N–H and O–H groups in total. The topological polar surface area (TPSA) is 126 Å². The normalized spacial score (nSPS) is 12.9. The Morgan fingerprint density at radius 3 is 2.00 bits per heavy atom. The van der Waals surface area contributed by atoms with Crippen molar-refractivity contribution in [2.45, 2.75) is 59.2 Å². The minimum atomic E-state index is -1.12. The van der Waals surface area contributed by atoms with Gasteiger partial charge < -0.3 is 28.8 Å². The van der Waals surface area contributed by atoms with Crippen molar-refractivity contribution < 1.29 is 38.4 Å². The molecule has 0 aliphatic rings. The fraction of sp³-hybridized carbons (Fsp3) is 0.520. The first-order chi connectivity index (χ1) is 16.9. The number of carbonyl (C=O) groups is 2. The van der Waals surface area contributed by atoms with Crippen molar-refractivity contribution in [3.63, 3.8) is 0 Å². The first-order valence-corrected chi connectivity index (χ1v) is 11.7. The molecule has 0 fully saturated rings. The van der Waals surface area contributed by atoms with Gasteiger partial charge in [0.2, 0.25) is 12.6 Å². The van der Waals surface area contributed by atoms with Crippen LogP contribution in [0.3, 0.4) is 0 Å². The van der Waals surface area contributed by atoms with Crippen LogP contribution in [0.2, 0.25) is 0 Å². The second-order valence-electron chi connectivity index (χ2n) is 7.46. The molecule has 2 aromatic rings. The number of carboxylic acid groups (broad SMARTS) is 1. The molecule has 10 heteroatoms. The van der Waals surface area contributed by atoms with Gasteiger partial charge >= 0.3 is 11.9 Å². The zero-order chi connectivity index (χ0) is 25.6. The van der Waals surface area contributed by atoms with E-state index in [4.69, 9.17) is 28.8 Å². The molecule has 0 aliphatic heterocycles.